The molecule has 2 rings (SSSR count). The highest BCUT2D eigenvalue weighted by Crippen LogP contribution is 2.02. The van der Waals surface area contributed by atoms with E-state index in [2.05, 4.69) is 10.6 Å². The Morgan fingerprint density at radius 1 is 0.792 bits per heavy atom. The van der Waals surface area contributed by atoms with E-state index in [1.165, 1.54) is 0 Å². The van der Waals surface area contributed by atoms with Crippen LogP contribution in [0, 0.1) is 0 Å². The van der Waals surface area contributed by atoms with Crippen LogP contribution in [-0.2, 0) is 22.7 Å². The third-order valence-electron chi connectivity index (χ3n) is 3.09. The van der Waals surface area contributed by atoms with Crippen molar-refractivity contribution in [2.24, 2.45) is 0 Å². The molecule has 0 aliphatic heterocycles. The first-order valence-electron chi connectivity index (χ1n) is 7.58. The molecule has 0 atom stereocenters. The van der Waals surface area contributed by atoms with Gasteiger partial charge in [-0.15, -0.1) is 0 Å². The lowest BCUT2D eigenvalue weighted by Crippen LogP contribution is -2.46. The molecule has 6 heteroatoms. The van der Waals surface area contributed by atoms with Crippen LogP contribution in [0.5, 0.6) is 0 Å². The molecular weight excluding hydrogens is 308 g/mol. The molecule has 2 N–H and O–H groups in total. The predicted octanol–water partition coefficient (Wildman–Crippen LogP) is 3.19. The number of nitrogens with one attached hydrogen (secondary N) is 2. The molecule has 0 saturated carbocycles. The average molecular weight is 328 g/mol. The van der Waals surface area contributed by atoms with Gasteiger partial charge in [0.05, 0.1) is 0 Å². The summed E-state index contributed by atoms with van der Waals surface area (Å²) in [6.45, 7) is 1.95. The Hall–Kier alpha value is -3.02. The van der Waals surface area contributed by atoms with Gasteiger partial charge in [-0.3, -0.25) is 0 Å². The van der Waals surface area contributed by atoms with Crippen LogP contribution >= 0.6 is 0 Å². The van der Waals surface area contributed by atoms with Crippen molar-refractivity contribution in [1.82, 2.24) is 10.6 Å². The molecule has 0 fully saturated rings. The number of alkyl carbamates (subject to hydrolysis) is 2. The van der Waals surface area contributed by atoms with Gasteiger partial charge in [0.2, 0.25) is 0 Å². The first-order valence-corrected chi connectivity index (χ1v) is 7.58. The molecule has 6 nitrogen and oxygen atoms in total. The summed E-state index contributed by atoms with van der Waals surface area (Å²) >= 11 is 0. The van der Waals surface area contributed by atoms with Gasteiger partial charge in [0.25, 0.3) is 0 Å². The Bertz CT molecular complexity index is 589. The van der Waals surface area contributed by atoms with E-state index in [1.807, 2.05) is 60.7 Å². The van der Waals surface area contributed by atoms with E-state index in [0.717, 1.165) is 11.1 Å². The zero-order valence-electron chi connectivity index (χ0n) is 13.4. The van der Waals surface area contributed by atoms with Crippen molar-refractivity contribution in [3.63, 3.8) is 0 Å². The van der Waals surface area contributed by atoms with Crippen LogP contribution in [0.25, 0.3) is 0 Å². The highest BCUT2D eigenvalue weighted by atomic mass is 16.6. The van der Waals surface area contributed by atoms with Crippen molar-refractivity contribution < 1.29 is 19.1 Å². The van der Waals surface area contributed by atoms with Crippen molar-refractivity contribution in [2.45, 2.75) is 26.3 Å². The van der Waals surface area contributed by atoms with Crippen LogP contribution in [0.2, 0.25) is 0 Å². The van der Waals surface area contributed by atoms with Crippen LogP contribution in [0.4, 0.5) is 9.59 Å². The summed E-state index contributed by atoms with van der Waals surface area (Å²) in [5.74, 6) is 0. The molecule has 0 unspecified atom stereocenters. The Morgan fingerprint density at radius 2 is 1.17 bits per heavy atom. The third-order valence-corrected chi connectivity index (χ3v) is 3.09. The normalized spacial score (nSPS) is 10.1. The van der Waals surface area contributed by atoms with E-state index in [9.17, 15) is 9.59 Å². The fourth-order valence-electron chi connectivity index (χ4n) is 1.92. The van der Waals surface area contributed by atoms with Crippen molar-refractivity contribution >= 4 is 12.2 Å². The number of amides is 2. The van der Waals surface area contributed by atoms with E-state index < -0.39 is 18.4 Å². The number of rotatable bonds is 6. The number of hydrogen-bond donors (Lipinski definition) is 2. The van der Waals surface area contributed by atoms with Gasteiger partial charge in [-0.2, -0.15) is 0 Å². The van der Waals surface area contributed by atoms with Crippen molar-refractivity contribution in [1.29, 1.82) is 0 Å². The molecule has 0 bridgehead atoms. The quantitative estimate of drug-likeness (QED) is 0.799. The molecule has 0 heterocycles. The Morgan fingerprint density at radius 3 is 1.54 bits per heavy atom. The molecule has 0 aliphatic carbocycles. The Balaban J connectivity index is 1.65. The van der Waals surface area contributed by atoms with Gasteiger partial charge >= 0.3 is 12.2 Å². The second kappa shape index (κ2) is 9.19. The summed E-state index contributed by atoms with van der Waals surface area (Å²) < 4.78 is 10.1. The minimum Gasteiger partial charge on any atom is -0.445 e. The summed E-state index contributed by atoms with van der Waals surface area (Å²) in [5.41, 5.74) is 1.77. The van der Waals surface area contributed by atoms with Gasteiger partial charge in [-0.1, -0.05) is 60.7 Å². The van der Waals surface area contributed by atoms with Gasteiger partial charge in [0.15, 0.2) is 0 Å². The zero-order chi connectivity index (χ0) is 17.2. The average Bonchev–Trinajstić information content (AvgIpc) is 2.60. The fourth-order valence-corrected chi connectivity index (χ4v) is 1.92. The van der Waals surface area contributed by atoms with Gasteiger partial charge in [-0.25, -0.2) is 9.59 Å². The highest BCUT2D eigenvalue weighted by Gasteiger charge is 2.12. The standard InChI is InChI=1S/C18H20N2O4/c1-14(19-17(21)23-12-15-8-4-2-5-9-15)20-18(22)24-13-16-10-6-3-7-11-16/h2-11,14H,12-13H2,1H3,(H,19,21)(H,20,22). The van der Waals surface area contributed by atoms with Crippen LogP contribution < -0.4 is 10.6 Å². The predicted molar refractivity (Wildman–Crippen MR) is 89.0 cm³/mol. The van der Waals surface area contributed by atoms with Gasteiger partial charge in [-0.05, 0) is 18.1 Å². The molecule has 24 heavy (non-hydrogen) atoms. The van der Waals surface area contributed by atoms with Crippen molar-refractivity contribution in [3.05, 3.63) is 71.8 Å². The molecule has 0 aliphatic rings. The SMILES string of the molecule is CC(NC(=O)OCc1ccccc1)NC(=O)OCc1ccccc1. The monoisotopic (exact) mass is 328 g/mol. The summed E-state index contributed by atoms with van der Waals surface area (Å²) in [7, 11) is 0. The Labute approximate surface area is 140 Å². The summed E-state index contributed by atoms with van der Waals surface area (Å²) in [5, 5.41) is 5.01. The second-order valence-corrected chi connectivity index (χ2v) is 5.13. The van der Waals surface area contributed by atoms with E-state index in [1.54, 1.807) is 6.92 Å². The van der Waals surface area contributed by atoms with E-state index in [0.29, 0.717) is 0 Å². The van der Waals surface area contributed by atoms with Crippen LogP contribution in [0.1, 0.15) is 18.1 Å². The van der Waals surface area contributed by atoms with Crippen LogP contribution in [0.3, 0.4) is 0 Å². The first-order chi connectivity index (χ1) is 11.6. The lowest BCUT2D eigenvalue weighted by Gasteiger charge is -2.15. The summed E-state index contributed by atoms with van der Waals surface area (Å²) in [6.07, 6.45) is -1.85. The topological polar surface area (TPSA) is 76.7 Å². The maximum Gasteiger partial charge on any atom is 0.409 e. The summed E-state index contributed by atoms with van der Waals surface area (Å²) in [6, 6.07) is 18.7. The lowest BCUT2D eigenvalue weighted by molar-refractivity contribution is 0.124. The van der Waals surface area contributed by atoms with Gasteiger partial charge in [0.1, 0.15) is 19.4 Å². The van der Waals surface area contributed by atoms with Crippen molar-refractivity contribution in [3.8, 4) is 0 Å². The number of benzene rings is 2. The molecule has 2 aromatic rings. The number of hydrogen-bond acceptors (Lipinski definition) is 4. The minimum absolute atomic E-state index is 0.165. The fraction of sp³-hybridized carbons (Fsp3) is 0.222. The van der Waals surface area contributed by atoms with Crippen LogP contribution in [-0.4, -0.2) is 18.4 Å². The van der Waals surface area contributed by atoms with E-state index in [-0.39, 0.29) is 13.2 Å². The number of carbonyl (C=O) groups excluding carboxylic acids is 2. The van der Waals surface area contributed by atoms with E-state index >= 15 is 0 Å². The highest BCUT2D eigenvalue weighted by molar-refractivity contribution is 5.70. The molecule has 0 aromatic heterocycles. The number of carbonyl (C=O) groups is 2. The third kappa shape index (κ3) is 6.39. The van der Waals surface area contributed by atoms with Gasteiger partial charge < -0.3 is 20.1 Å². The Kier molecular flexibility index (Phi) is 6.64. The maximum atomic E-state index is 11.7. The molecule has 0 spiro atoms. The van der Waals surface area contributed by atoms with E-state index in [4.69, 9.17) is 9.47 Å². The van der Waals surface area contributed by atoms with Crippen LogP contribution in [0.15, 0.2) is 60.7 Å². The number of ether oxygens (including phenoxy) is 2. The lowest BCUT2D eigenvalue weighted by atomic mass is 10.2. The molecule has 0 saturated heterocycles. The van der Waals surface area contributed by atoms with Crippen molar-refractivity contribution in [2.75, 3.05) is 0 Å². The zero-order valence-corrected chi connectivity index (χ0v) is 13.4. The first kappa shape index (κ1) is 17.3. The van der Waals surface area contributed by atoms with Gasteiger partial charge in [0, 0.05) is 0 Å². The largest absolute Gasteiger partial charge is 0.445 e. The molecule has 2 amide bonds. The molecule has 2 aromatic carbocycles. The molecule has 126 valence electrons. The smallest absolute Gasteiger partial charge is 0.409 e. The minimum atomic E-state index is -0.616. The molecule has 0 radical (unpaired) electrons. The maximum absolute atomic E-state index is 11.7. The summed E-state index contributed by atoms with van der Waals surface area (Å²) in [4.78, 5) is 23.3. The second-order valence-electron chi connectivity index (χ2n) is 5.13. The molecular formula is C18H20N2O4.